The minimum atomic E-state index is -4.94. The van der Waals surface area contributed by atoms with Crippen LogP contribution < -0.4 is 18.6 Å². The summed E-state index contributed by atoms with van der Waals surface area (Å²) in [6, 6.07) is 0. The average Bonchev–Trinajstić information content (AvgIpc) is 0.722. The first-order valence-electron chi connectivity index (χ1n) is 0.617. The largest absolute Gasteiger partial charge is 3.00 e. The third-order valence-electron chi connectivity index (χ3n) is 0. The Morgan fingerprint density at radius 1 is 0.833 bits per heavy atom. The molecule has 0 aliphatic heterocycles. The second kappa shape index (κ2) is 2.77. The van der Waals surface area contributed by atoms with Crippen molar-refractivity contribution < 1.29 is 46.2 Å². The van der Waals surface area contributed by atoms with Gasteiger partial charge < -0.3 is 0 Å². The average molecular weight is 151 g/mol. The van der Waals surface area contributed by atoms with E-state index in [9.17, 15) is 0 Å². The van der Waals surface area contributed by atoms with E-state index in [0.29, 0.717) is 0 Å². The number of hydrogen-bond acceptors (Lipinski definition) is 4. The van der Waals surface area contributed by atoms with Crippen molar-refractivity contribution in [1.29, 1.82) is 0 Å². The van der Waals surface area contributed by atoms with E-state index in [-0.39, 0.29) is 17.4 Å². The Bertz CT molecular complexity index is 23.0. The maximum absolute atomic E-state index is 8.49. The van der Waals surface area contributed by atoms with Crippen molar-refractivity contribution in [2.24, 2.45) is 0 Å². The molecule has 0 aromatic rings. The predicted molar refractivity (Wildman–Crippen MR) is 0 cm³/mol. The van der Waals surface area contributed by atoms with Gasteiger partial charge in [0.15, 0.2) is 0 Å². The van der Waals surface area contributed by atoms with Crippen molar-refractivity contribution in [2.75, 3.05) is 0 Å². The minimum absolute atomic E-state index is 0. The second-order valence-corrected chi connectivity index (χ2v) is 1.13. The molecule has 35 valence electrons. The molecule has 0 saturated heterocycles. The third kappa shape index (κ3) is 143. The van der Waals surface area contributed by atoms with Gasteiger partial charge in [-0.05, 0) is 0 Å². The molecule has 0 aromatic carbocycles. The molecule has 0 N–H and O–H groups in total. The molecule has 0 rings (SSSR count). The minimum Gasteiger partial charge on any atom is -0.222 e. The first-order chi connectivity index (χ1) is 2.00. The van der Waals surface area contributed by atoms with E-state index < -0.39 is 10.2 Å². The van der Waals surface area contributed by atoms with Crippen molar-refractivity contribution >= 4 is 0 Å². The summed E-state index contributed by atoms with van der Waals surface area (Å²) in [6.07, 6.45) is 0. The van der Waals surface area contributed by atoms with E-state index >= 15 is 0 Å². The van der Waals surface area contributed by atoms with Crippen LogP contribution >= 0.6 is 0 Å². The van der Waals surface area contributed by atoms with Crippen LogP contribution in [0.3, 0.4) is 0 Å². The van der Waals surface area contributed by atoms with Gasteiger partial charge in [0.25, 0.3) is 0 Å². The van der Waals surface area contributed by atoms with Gasteiger partial charge in [0, 0.05) is 0 Å². The smallest absolute Gasteiger partial charge is 0.222 e. The van der Waals surface area contributed by atoms with Gasteiger partial charge in [-0.2, -0.15) is 0 Å². The van der Waals surface area contributed by atoms with Gasteiger partial charge in [-0.15, -0.1) is 10.2 Å². The number of halogens is 1. The van der Waals surface area contributed by atoms with E-state index in [1.165, 1.54) is 0 Å². The maximum atomic E-state index is 8.49. The Balaban J connectivity index is 0. The molecule has 0 aromatic heterocycles. The zero-order chi connectivity index (χ0) is 4.50. The topological polar surface area (TPSA) is 92.2 Å². The molecule has 6 heavy (non-hydrogen) atoms. The predicted octanol–water partition coefficient (Wildman–Crippen LogP) is -4.76. The van der Waals surface area contributed by atoms with Crippen LogP contribution in [-0.4, -0.2) is 0 Å². The Hall–Kier alpha value is 0.662. The molecule has 6 heteroatoms. The molecule has 0 aliphatic carbocycles. The maximum Gasteiger partial charge on any atom is 3.00 e. The summed E-state index contributed by atoms with van der Waals surface area (Å²) in [6.45, 7) is 0. The zero-order valence-electron chi connectivity index (χ0n) is 2.42. The van der Waals surface area contributed by atoms with E-state index in [0.717, 1.165) is 0 Å². The molecule has 0 bridgehead atoms. The molecule has 4 nitrogen and oxygen atoms in total. The van der Waals surface area contributed by atoms with E-state index in [1.807, 2.05) is 0 Å². The summed E-state index contributed by atoms with van der Waals surface area (Å²) in [5.74, 6) is 0. The molecular weight excluding hydrogens is 151 g/mol. The summed E-state index contributed by atoms with van der Waals surface area (Å²) in [5.41, 5.74) is 0. The molecule has 0 spiro atoms. The molecule has 0 fully saturated rings. The summed E-state index contributed by atoms with van der Waals surface area (Å²) in [5, 5.41) is 0. The van der Waals surface area contributed by atoms with Gasteiger partial charge in [0.05, 0.1) is 0 Å². The number of hydrogen-bond donors (Lipinski definition) is 0. The standard InChI is InChI=1S/ClHO4.Cr/c2-1(3,4)5;/h(H,2,3,4,5);/q;+3/p-1. The summed E-state index contributed by atoms with van der Waals surface area (Å²) in [7, 11) is -4.94. The summed E-state index contributed by atoms with van der Waals surface area (Å²) >= 11 is 0. The van der Waals surface area contributed by atoms with Crippen LogP contribution in [0.2, 0.25) is 0 Å². The van der Waals surface area contributed by atoms with Crippen LogP contribution in [0.25, 0.3) is 0 Å². The second-order valence-electron chi connectivity index (χ2n) is 0.378. The fourth-order valence-electron chi connectivity index (χ4n) is 0. The SMILES string of the molecule is [Cr+3].[O-][Cl+3]([O-])([O-])[O-]. The zero-order valence-corrected chi connectivity index (χ0v) is 4.45. The van der Waals surface area contributed by atoms with Crippen molar-refractivity contribution in [3.05, 3.63) is 0 Å². The van der Waals surface area contributed by atoms with E-state index in [2.05, 4.69) is 0 Å². The van der Waals surface area contributed by atoms with Gasteiger partial charge in [-0.1, -0.05) is 0 Å². The fraction of sp³-hybridized carbons (Fsp3) is 0. The quantitative estimate of drug-likeness (QED) is 0.347. The van der Waals surface area contributed by atoms with E-state index in [4.69, 9.17) is 18.6 Å². The van der Waals surface area contributed by atoms with Gasteiger partial charge in [0.1, 0.15) is 0 Å². The van der Waals surface area contributed by atoms with Crippen LogP contribution in [0.1, 0.15) is 0 Å². The Labute approximate surface area is 46.9 Å². The Kier molecular flexibility index (Phi) is 4.54. The molecule has 1 radical (unpaired) electrons. The van der Waals surface area contributed by atoms with E-state index in [1.54, 1.807) is 0 Å². The van der Waals surface area contributed by atoms with Gasteiger partial charge in [0.2, 0.25) is 0 Å². The molecular formula is ClCrO4+2. The van der Waals surface area contributed by atoms with Crippen molar-refractivity contribution in [3.63, 3.8) is 0 Å². The first-order valence-corrected chi connectivity index (χ1v) is 1.85. The molecule has 0 saturated carbocycles. The molecule has 0 unspecified atom stereocenters. The number of rotatable bonds is 0. The van der Waals surface area contributed by atoms with Gasteiger partial charge >= 0.3 is 17.4 Å². The summed E-state index contributed by atoms with van der Waals surface area (Å²) in [4.78, 5) is 0. The molecule has 0 atom stereocenters. The van der Waals surface area contributed by atoms with Crippen LogP contribution in [0.5, 0.6) is 0 Å². The molecule has 0 heterocycles. The van der Waals surface area contributed by atoms with Gasteiger partial charge in [-0.25, -0.2) is 18.6 Å². The fourth-order valence-corrected chi connectivity index (χ4v) is 0. The monoisotopic (exact) mass is 151 g/mol. The Morgan fingerprint density at radius 3 is 0.833 bits per heavy atom. The van der Waals surface area contributed by atoms with Crippen molar-refractivity contribution in [2.45, 2.75) is 0 Å². The van der Waals surface area contributed by atoms with Crippen molar-refractivity contribution in [3.8, 4) is 0 Å². The summed E-state index contributed by atoms with van der Waals surface area (Å²) < 4.78 is 34.0. The van der Waals surface area contributed by atoms with Gasteiger partial charge in [-0.3, -0.25) is 0 Å². The molecule has 0 amide bonds. The Morgan fingerprint density at radius 2 is 0.833 bits per heavy atom. The van der Waals surface area contributed by atoms with Crippen LogP contribution in [0, 0.1) is 10.2 Å². The van der Waals surface area contributed by atoms with Crippen molar-refractivity contribution in [1.82, 2.24) is 0 Å². The van der Waals surface area contributed by atoms with Crippen LogP contribution in [-0.2, 0) is 17.4 Å². The van der Waals surface area contributed by atoms with Crippen LogP contribution in [0.15, 0.2) is 0 Å². The molecule has 0 aliphatic rings. The first kappa shape index (κ1) is 9.83. The normalized spacial score (nSPS) is 10.0. The third-order valence-corrected chi connectivity index (χ3v) is 0. The van der Waals surface area contributed by atoms with Crippen LogP contribution in [0.4, 0.5) is 0 Å².